The van der Waals surface area contributed by atoms with Crippen molar-refractivity contribution in [3.63, 3.8) is 0 Å². The monoisotopic (exact) mass is 453 g/mol. The van der Waals surface area contributed by atoms with E-state index in [2.05, 4.69) is 14.7 Å². The molecule has 3 rings (SSSR count). The van der Waals surface area contributed by atoms with E-state index in [-0.39, 0.29) is 22.2 Å². The molecule has 0 fully saturated rings. The minimum atomic E-state index is -3.73. The second-order valence-corrected chi connectivity index (χ2v) is 10.1. The molecule has 0 bridgehead atoms. The van der Waals surface area contributed by atoms with Crippen LogP contribution in [0.15, 0.2) is 51.6 Å². The maximum Gasteiger partial charge on any atom is 0.251 e. The van der Waals surface area contributed by atoms with E-state index in [0.717, 1.165) is 16.1 Å². The Morgan fingerprint density at radius 1 is 1.21 bits per heavy atom. The number of thiophene rings is 1. The fraction of sp³-hybridized carbons (Fsp3) is 0.300. The minimum absolute atomic E-state index is 0. The molecule has 2 N–H and O–H groups in total. The van der Waals surface area contributed by atoms with Gasteiger partial charge in [0.15, 0.2) is 0 Å². The number of nitrogens with zero attached hydrogens (tertiary/aromatic N) is 1. The zero-order chi connectivity index (χ0) is 20.5. The minimum Gasteiger partial charge on any atom is -0.326 e. The summed E-state index contributed by atoms with van der Waals surface area (Å²) < 4.78 is 28.8. The van der Waals surface area contributed by atoms with Crippen LogP contribution in [-0.4, -0.2) is 18.4 Å². The summed E-state index contributed by atoms with van der Waals surface area (Å²) in [7, 11) is -3.73. The number of rotatable bonds is 6. The number of hydrogen-bond donors (Lipinski definition) is 2. The first-order chi connectivity index (χ1) is 13.1. The van der Waals surface area contributed by atoms with Crippen molar-refractivity contribution in [2.75, 3.05) is 0 Å². The van der Waals surface area contributed by atoms with Gasteiger partial charge in [0.25, 0.3) is 15.6 Å². The lowest BCUT2D eigenvalue weighted by Gasteiger charge is -2.24. The van der Waals surface area contributed by atoms with Crippen LogP contribution in [0, 0.1) is 6.92 Å². The fourth-order valence-corrected chi connectivity index (χ4v) is 5.73. The Hall–Kier alpha value is -2.00. The summed E-state index contributed by atoms with van der Waals surface area (Å²) in [5.74, 6) is 0. The lowest BCUT2D eigenvalue weighted by Crippen LogP contribution is -2.41. The number of H-pyrrole nitrogens is 1. The zero-order valence-electron chi connectivity index (χ0n) is 16.6. The maximum absolute atomic E-state index is 12.9. The zero-order valence-corrected chi connectivity index (χ0v) is 19.1. The number of aromatic amines is 1. The summed E-state index contributed by atoms with van der Waals surface area (Å²) >= 11 is 1.18. The van der Waals surface area contributed by atoms with Crippen LogP contribution in [0.25, 0.3) is 10.4 Å². The number of pyridine rings is 2. The van der Waals surface area contributed by atoms with Crippen LogP contribution in [0.1, 0.15) is 37.7 Å². The molecule has 3 aromatic rings. The Bertz CT molecular complexity index is 1150. The van der Waals surface area contributed by atoms with Crippen molar-refractivity contribution < 1.29 is 8.42 Å². The molecule has 3 heterocycles. The molecule has 0 radical (unpaired) electrons. The summed E-state index contributed by atoms with van der Waals surface area (Å²) in [5, 5.41) is 0. The largest absolute Gasteiger partial charge is 0.326 e. The topological polar surface area (TPSA) is 91.9 Å². The Morgan fingerprint density at radius 2 is 1.93 bits per heavy atom. The maximum atomic E-state index is 12.9. The van der Waals surface area contributed by atoms with Gasteiger partial charge >= 0.3 is 0 Å². The third-order valence-corrected chi connectivity index (χ3v) is 7.77. The van der Waals surface area contributed by atoms with E-state index in [0.29, 0.717) is 17.7 Å². The van der Waals surface area contributed by atoms with Gasteiger partial charge in [-0.05, 0) is 57.5 Å². The van der Waals surface area contributed by atoms with Crippen molar-refractivity contribution in [2.24, 2.45) is 0 Å². The Balaban J connectivity index is 0.00000300. The van der Waals surface area contributed by atoms with Crippen molar-refractivity contribution in [1.29, 1.82) is 0 Å². The molecule has 9 heteroatoms. The van der Waals surface area contributed by atoms with Gasteiger partial charge in [-0.2, -0.15) is 4.72 Å². The van der Waals surface area contributed by atoms with Crippen LogP contribution in [-0.2, 0) is 22.0 Å². The quantitative estimate of drug-likeness (QED) is 0.589. The van der Waals surface area contributed by atoms with Gasteiger partial charge in [-0.25, -0.2) is 8.42 Å². The molecule has 0 unspecified atom stereocenters. The van der Waals surface area contributed by atoms with Crippen molar-refractivity contribution in [1.82, 2.24) is 14.7 Å². The molecule has 0 aliphatic heterocycles. The van der Waals surface area contributed by atoms with Gasteiger partial charge in [-0.3, -0.25) is 9.78 Å². The van der Waals surface area contributed by atoms with E-state index in [4.69, 9.17) is 0 Å². The predicted octanol–water partition coefficient (Wildman–Crippen LogP) is 4.00. The molecule has 0 atom stereocenters. The van der Waals surface area contributed by atoms with E-state index in [1.807, 2.05) is 26.0 Å². The van der Waals surface area contributed by atoms with Crippen molar-refractivity contribution in [3.8, 4) is 10.4 Å². The lowest BCUT2D eigenvalue weighted by atomic mass is 10.0. The van der Waals surface area contributed by atoms with E-state index in [9.17, 15) is 13.2 Å². The molecule has 0 amide bonds. The molecule has 6 nitrogen and oxygen atoms in total. The molecular formula is C20H24ClN3O3S2. The molecule has 0 aromatic carbocycles. The van der Waals surface area contributed by atoms with Gasteiger partial charge in [-0.15, -0.1) is 23.7 Å². The highest BCUT2D eigenvalue weighted by Gasteiger charge is 2.30. The second kappa shape index (κ2) is 8.79. The average molecular weight is 454 g/mol. The predicted molar refractivity (Wildman–Crippen MR) is 119 cm³/mol. The number of aromatic nitrogens is 2. The Morgan fingerprint density at radius 3 is 2.55 bits per heavy atom. The van der Waals surface area contributed by atoms with Gasteiger partial charge in [-0.1, -0.05) is 13.0 Å². The molecular weight excluding hydrogens is 430 g/mol. The van der Waals surface area contributed by atoms with Gasteiger partial charge in [0.2, 0.25) is 0 Å². The first-order valence-electron chi connectivity index (χ1n) is 8.92. The van der Waals surface area contributed by atoms with E-state index >= 15 is 0 Å². The SMILES string of the molecule is CCc1cc(-c2ccc(S(=O)(=O)NC(C)(C)c3ccccn3)s2)c(C)[nH]c1=O.Cl. The summed E-state index contributed by atoms with van der Waals surface area (Å²) in [6.07, 6.45) is 2.25. The molecule has 3 aromatic heterocycles. The first-order valence-corrected chi connectivity index (χ1v) is 11.2. The van der Waals surface area contributed by atoms with Crippen molar-refractivity contribution in [3.05, 3.63) is 69.9 Å². The average Bonchev–Trinajstić information content (AvgIpc) is 3.13. The molecule has 0 saturated carbocycles. The van der Waals surface area contributed by atoms with Gasteiger partial charge in [0.1, 0.15) is 4.21 Å². The summed E-state index contributed by atoms with van der Waals surface area (Å²) in [6, 6.07) is 10.6. The number of nitrogens with one attached hydrogen (secondary N) is 2. The van der Waals surface area contributed by atoms with Crippen LogP contribution >= 0.6 is 23.7 Å². The van der Waals surface area contributed by atoms with Crippen LogP contribution in [0.5, 0.6) is 0 Å². The molecule has 29 heavy (non-hydrogen) atoms. The smallest absolute Gasteiger partial charge is 0.251 e. The molecule has 0 saturated heterocycles. The van der Waals surface area contributed by atoms with E-state index in [1.165, 1.54) is 11.3 Å². The van der Waals surface area contributed by atoms with Gasteiger partial charge < -0.3 is 4.98 Å². The lowest BCUT2D eigenvalue weighted by molar-refractivity contribution is 0.461. The normalized spacial score (nSPS) is 11.9. The first kappa shape index (κ1) is 23.3. The summed E-state index contributed by atoms with van der Waals surface area (Å²) in [6.45, 7) is 7.28. The number of hydrogen-bond acceptors (Lipinski definition) is 5. The second-order valence-electron chi connectivity index (χ2n) is 7.08. The Kier molecular flexibility index (Phi) is 7.06. The number of halogens is 1. The fourth-order valence-electron chi connectivity index (χ4n) is 2.96. The van der Waals surface area contributed by atoms with Crippen LogP contribution < -0.4 is 10.3 Å². The Labute approximate surface area is 180 Å². The summed E-state index contributed by atoms with van der Waals surface area (Å²) in [4.78, 5) is 19.8. The van der Waals surface area contributed by atoms with Gasteiger partial charge in [0.05, 0.1) is 11.2 Å². The van der Waals surface area contributed by atoms with E-state index < -0.39 is 15.6 Å². The molecule has 0 aliphatic carbocycles. The third kappa shape index (κ3) is 4.95. The highest BCUT2D eigenvalue weighted by atomic mass is 35.5. The highest BCUT2D eigenvalue weighted by Crippen LogP contribution is 2.33. The van der Waals surface area contributed by atoms with Crippen molar-refractivity contribution >= 4 is 33.8 Å². The third-order valence-electron chi connectivity index (χ3n) is 4.50. The van der Waals surface area contributed by atoms with Crippen LogP contribution in [0.4, 0.5) is 0 Å². The van der Waals surface area contributed by atoms with E-state index in [1.54, 1.807) is 44.3 Å². The standard InChI is InChI=1S/C20H23N3O3S2.ClH/c1-5-14-12-15(13(2)22-19(14)24)16-9-10-18(27-16)28(25,26)23-20(3,4)17-8-6-7-11-21-17;/h6-12,23H,5H2,1-4H3,(H,22,24);1H. The van der Waals surface area contributed by atoms with Crippen molar-refractivity contribution in [2.45, 2.75) is 43.9 Å². The molecule has 0 spiro atoms. The number of aryl methyl sites for hydroxylation is 2. The van der Waals surface area contributed by atoms with Crippen LogP contribution in [0.3, 0.4) is 0 Å². The van der Waals surface area contributed by atoms with Gasteiger partial charge in [0, 0.05) is 27.9 Å². The number of sulfonamides is 1. The molecule has 0 aliphatic rings. The highest BCUT2D eigenvalue weighted by molar-refractivity contribution is 7.91. The van der Waals surface area contributed by atoms with Crippen LogP contribution in [0.2, 0.25) is 0 Å². The summed E-state index contributed by atoms with van der Waals surface area (Å²) in [5.41, 5.74) is 1.91. The molecule has 156 valence electrons.